The summed E-state index contributed by atoms with van der Waals surface area (Å²) in [6, 6.07) is 9.37. The van der Waals surface area contributed by atoms with Gasteiger partial charge in [0.1, 0.15) is 0 Å². The molecular weight excluding hydrogens is 287 g/mol. The third kappa shape index (κ3) is 3.94. The molecule has 2 heteroatoms. The van der Waals surface area contributed by atoms with E-state index >= 15 is 0 Å². The second-order valence-corrected chi connectivity index (χ2v) is 1.49. The Morgan fingerprint density at radius 1 is 1.10 bits per heavy atom. The number of hydrogen-bond acceptors (Lipinski definition) is 0. The van der Waals surface area contributed by atoms with Gasteiger partial charge in [0.25, 0.3) is 0 Å². The van der Waals surface area contributed by atoms with E-state index in [2.05, 4.69) is 5.92 Å². The zero-order valence-electron chi connectivity index (χ0n) is 5.07. The molecule has 55 valence electrons. The minimum Gasteiger partial charge on any atom is -1.00 e. The second-order valence-electron chi connectivity index (χ2n) is 1.49. The van der Waals surface area contributed by atoms with Gasteiger partial charge < -0.3 is 24.0 Å². The molecule has 0 saturated heterocycles. The summed E-state index contributed by atoms with van der Waals surface area (Å²) in [6.45, 7) is 0. The van der Waals surface area contributed by atoms with E-state index in [-0.39, 0.29) is 41.0 Å². The van der Waals surface area contributed by atoms with Crippen molar-refractivity contribution < 1.29 is 41.0 Å². The molecule has 1 rings (SSSR count). The molecule has 0 spiro atoms. The summed E-state index contributed by atoms with van der Waals surface area (Å²) in [5.41, 5.74) is 0.826. The summed E-state index contributed by atoms with van der Waals surface area (Å²) in [5, 5.41) is 0. The molecule has 1 aromatic carbocycles. The van der Waals surface area contributed by atoms with Crippen molar-refractivity contribution in [2.75, 3.05) is 0 Å². The maximum Gasteiger partial charge on any atom is 1.00 e. The number of hydrogen-bond donors (Lipinski definition) is 0. The first-order chi connectivity index (χ1) is 3.93. The van der Waals surface area contributed by atoms with Gasteiger partial charge in [-0.15, -0.1) is 0 Å². The Morgan fingerprint density at radius 2 is 1.60 bits per heavy atom. The Morgan fingerprint density at radius 3 is 1.90 bits per heavy atom. The first-order valence-corrected chi connectivity index (χ1v) is 2.41. The van der Waals surface area contributed by atoms with Gasteiger partial charge in [-0.3, -0.25) is 0 Å². The Balaban J connectivity index is 0. The average molecular weight is 292 g/mol. The van der Waals surface area contributed by atoms with Crippen LogP contribution in [0.1, 0.15) is 5.56 Å². The van der Waals surface area contributed by atoms with Crippen LogP contribution in [0.4, 0.5) is 0 Å². The molecule has 0 bridgehead atoms. The van der Waals surface area contributed by atoms with Crippen molar-refractivity contribution >= 4 is 0 Å². The van der Waals surface area contributed by atoms with E-state index in [4.69, 9.17) is 6.42 Å². The molecule has 10 heavy (non-hydrogen) atoms. The van der Waals surface area contributed by atoms with Gasteiger partial charge in [-0.2, -0.15) is 0 Å². The molecular formula is C8H5CuI. The largest absolute Gasteiger partial charge is 1.00 e. The Bertz CT molecular complexity index is 200. The Labute approximate surface area is 88.9 Å². The third-order valence-electron chi connectivity index (χ3n) is 0.918. The second kappa shape index (κ2) is 7.14. The minimum absolute atomic E-state index is 0. The van der Waals surface area contributed by atoms with Crippen molar-refractivity contribution in [2.45, 2.75) is 0 Å². The monoisotopic (exact) mass is 291 g/mol. The normalized spacial score (nSPS) is 6.30. The summed E-state index contributed by atoms with van der Waals surface area (Å²) in [4.78, 5) is 0. The van der Waals surface area contributed by atoms with E-state index in [1.807, 2.05) is 30.3 Å². The van der Waals surface area contributed by atoms with E-state index in [9.17, 15) is 0 Å². The predicted octanol–water partition coefficient (Wildman–Crippen LogP) is -1.37. The van der Waals surface area contributed by atoms with Gasteiger partial charge in [-0.25, -0.2) is 0 Å². The molecule has 1 radical (unpaired) electrons. The van der Waals surface area contributed by atoms with Crippen LogP contribution in [0.3, 0.4) is 0 Å². The van der Waals surface area contributed by atoms with Crippen molar-refractivity contribution in [3.05, 3.63) is 42.3 Å². The summed E-state index contributed by atoms with van der Waals surface area (Å²) in [7, 11) is 0. The zero-order chi connectivity index (χ0) is 5.82. The fourth-order valence-electron chi connectivity index (χ4n) is 0.521. The fourth-order valence-corrected chi connectivity index (χ4v) is 0.521. The van der Waals surface area contributed by atoms with Crippen molar-refractivity contribution in [1.82, 2.24) is 0 Å². The van der Waals surface area contributed by atoms with Crippen molar-refractivity contribution in [3.63, 3.8) is 0 Å². The molecule has 0 nitrogen and oxygen atoms in total. The van der Waals surface area contributed by atoms with E-state index in [0.717, 1.165) is 5.56 Å². The van der Waals surface area contributed by atoms with Crippen LogP contribution >= 0.6 is 0 Å². The molecule has 0 fully saturated rings. The summed E-state index contributed by atoms with van der Waals surface area (Å²) < 4.78 is 0. The molecule has 0 N–H and O–H groups in total. The van der Waals surface area contributed by atoms with E-state index in [1.54, 1.807) is 0 Å². The molecule has 0 aliphatic heterocycles. The zero-order valence-corrected chi connectivity index (χ0v) is 8.17. The van der Waals surface area contributed by atoms with Gasteiger partial charge in [0.05, 0.1) is 0 Å². The van der Waals surface area contributed by atoms with E-state index in [0.29, 0.717) is 0 Å². The van der Waals surface area contributed by atoms with E-state index in [1.165, 1.54) is 0 Å². The van der Waals surface area contributed by atoms with Gasteiger partial charge in [0, 0.05) is 5.56 Å². The molecule has 0 saturated carbocycles. The summed E-state index contributed by atoms with van der Waals surface area (Å²) in [5.74, 6) is 2.28. The maximum atomic E-state index is 6.69. The van der Waals surface area contributed by atoms with Gasteiger partial charge in [0.2, 0.25) is 0 Å². The van der Waals surface area contributed by atoms with Gasteiger partial charge in [-0.05, 0) is 18.6 Å². The summed E-state index contributed by atoms with van der Waals surface area (Å²) >= 11 is 0. The molecule has 1 aromatic rings. The topological polar surface area (TPSA) is 0 Å². The van der Waals surface area contributed by atoms with Crippen LogP contribution in [0.15, 0.2) is 30.3 Å². The van der Waals surface area contributed by atoms with Gasteiger partial charge in [0.15, 0.2) is 0 Å². The molecule has 0 aliphatic carbocycles. The first-order valence-electron chi connectivity index (χ1n) is 2.41. The van der Waals surface area contributed by atoms with Crippen LogP contribution in [0.2, 0.25) is 0 Å². The van der Waals surface area contributed by atoms with Crippen molar-refractivity contribution in [3.8, 4) is 5.92 Å². The SMILES string of the molecule is [C]#Cc1ccccc1.[Cu+].[I-]. The molecule has 0 unspecified atom stereocenters. The van der Waals surface area contributed by atoms with Crippen LogP contribution < -0.4 is 24.0 Å². The Kier molecular flexibility index (Phi) is 9.06. The third-order valence-corrected chi connectivity index (χ3v) is 0.918. The maximum absolute atomic E-state index is 6.69. The van der Waals surface area contributed by atoms with Crippen LogP contribution in [0.25, 0.3) is 0 Å². The number of halogens is 1. The number of benzene rings is 1. The standard InChI is InChI=1S/C8H5.Cu.HI/c1-2-8-6-4-3-5-7-8;;/h3-7H;;1H/q;+1;/p-1. The van der Waals surface area contributed by atoms with Crippen molar-refractivity contribution in [2.24, 2.45) is 0 Å². The van der Waals surface area contributed by atoms with Crippen LogP contribution in [0.5, 0.6) is 0 Å². The fraction of sp³-hybridized carbons (Fsp3) is 0. The molecule has 0 amide bonds. The van der Waals surface area contributed by atoms with Crippen LogP contribution in [0, 0.1) is 12.3 Å². The number of rotatable bonds is 0. The molecule has 0 atom stereocenters. The summed E-state index contributed by atoms with van der Waals surface area (Å²) in [6.07, 6.45) is 6.69. The predicted molar refractivity (Wildman–Crippen MR) is 32.7 cm³/mol. The molecule has 0 aromatic heterocycles. The quantitative estimate of drug-likeness (QED) is 0.314. The van der Waals surface area contributed by atoms with Gasteiger partial charge >= 0.3 is 17.1 Å². The van der Waals surface area contributed by atoms with Crippen molar-refractivity contribution in [1.29, 1.82) is 0 Å². The van der Waals surface area contributed by atoms with Crippen LogP contribution in [-0.4, -0.2) is 0 Å². The minimum atomic E-state index is 0. The first kappa shape index (κ1) is 12.7. The average Bonchev–Trinajstić information content (AvgIpc) is 1.90. The van der Waals surface area contributed by atoms with Gasteiger partial charge in [-0.1, -0.05) is 24.1 Å². The van der Waals surface area contributed by atoms with E-state index < -0.39 is 0 Å². The Hall–Kier alpha value is 0.0295. The smallest absolute Gasteiger partial charge is 1.00 e. The van der Waals surface area contributed by atoms with Crippen LogP contribution in [-0.2, 0) is 17.1 Å². The molecule has 0 aliphatic rings. The molecule has 0 heterocycles.